The van der Waals surface area contributed by atoms with Crippen molar-refractivity contribution < 1.29 is 4.42 Å². The van der Waals surface area contributed by atoms with Crippen molar-refractivity contribution in [2.24, 2.45) is 0 Å². The van der Waals surface area contributed by atoms with E-state index >= 15 is 0 Å². The molecular formula is C20H11ClN6OS2. The second-order valence-corrected chi connectivity index (χ2v) is 8.20. The van der Waals surface area contributed by atoms with Crippen LogP contribution in [0.15, 0.2) is 51.5 Å². The Hall–Kier alpha value is -3.37. The number of hydrogen-bond acceptors (Lipinski definition) is 8. The molecule has 0 aliphatic rings. The molecule has 0 fully saturated rings. The third kappa shape index (κ3) is 3.87. The van der Waals surface area contributed by atoms with Crippen LogP contribution in [-0.2, 0) is 5.75 Å². The molecule has 146 valence electrons. The molecular weight excluding hydrogens is 440 g/mol. The summed E-state index contributed by atoms with van der Waals surface area (Å²) in [5.74, 6) is 0.952. The number of thiazole rings is 1. The van der Waals surface area contributed by atoms with Crippen molar-refractivity contribution in [2.75, 3.05) is 5.73 Å². The van der Waals surface area contributed by atoms with Gasteiger partial charge in [0.2, 0.25) is 11.6 Å². The number of rotatable bonds is 5. The number of aromatic nitrogens is 3. The summed E-state index contributed by atoms with van der Waals surface area (Å²) in [6.07, 6.45) is 3.17. The van der Waals surface area contributed by atoms with Crippen molar-refractivity contribution >= 4 is 46.2 Å². The van der Waals surface area contributed by atoms with Crippen molar-refractivity contribution in [3.63, 3.8) is 0 Å². The standard InChI is InChI=1S/C20H11ClN6OS2/c1-24-16-15(20-25-6-7-29-20)14(8-22)19(27-17(16)23)30-10-13-9-28-18(26-13)11-2-4-12(21)5-3-11/h2-7,9H,10H2,(H2,23,27). The van der Waals surface area contributed by atoms with Crippen molar-refractivity contribution in [1.29, 1.82) is 5.26 Å². The Balaban J connectivity index is 1.64. The molecule has 4 aromatic rings. The Morgan fingerprint density at radius 1 is 1.30 bits per heavy atom. The number of halogens is 1. The van der Waals surface area contributed by atoms with E-state index in [0.717, 1.165) is 5.56 Å². The number of nitrogens with two attached hydrogens (primary N) is 1. The third-order valence-electron chi connectivity index (χ3n) is 4.03. The topological polar surface area (TPSA) is 106 Å². The minimum atomic E-state index is 0.0682. The lowest BCUT2D eigenvalue weighted by Gasteiger charge is -2.10. The van der Waals surface area contributed by atoms with Crippen LogP contribution in [0.1, 0.15) is 11.3 Å². The van der Waals surface area contributed by atoms with Gasteiger partial charge >= 0.3 is 0 Å². The van der Waals surface area contributed by atoms with Gasteiger partial charge in [-0.1, -0.05) is 23.4 Å². The summed E-state index contributed by atoms with van der Waals surface area (Å²) < 4.78 is 5.55. The molecule has 0 aliphatic heterocycles. The van der Waals surface area contributed by atoms with Crippen molar-refractivity contribution in [1.82, 2.24) is 15.0 Å². The van der Waals surface area contributed by atoms with Crippen LogP contribution in [0.3, 0.4) is 0 Å². The molecule has 3 heterocycles. The Morgan fingerprint density at radius 3 is 2.77 bits per heavy atom. The van der Waals surface area contributed by atoms with Crippen LogP contribution in [0.25, 0.3) is 26.9 Å². The van der Waals surface area contributed by atoms with E-state index in [9.17, 15) is 5.26 Å². The monoisotopic (exact) mass is 450 g/mol. The molecule has 30 heavy (non-hydrogen) atoms. The molecule has 0 amide bonds. The van der Waals surface area contributed by atoms with Gasteiger partial charge in [-0.05, 0) is 24.3 Å². The van der Waals surface area contributed by atoms with E-state index < -0.39 is 0 Å². The Morgan fingerprint density at radius 2 is 2.10 bits per heavy atom. The number of pyridine rings is 1. The van der Waals surface area contributed by atoms with Crippen molar-refractivity contribution in [3.8, 4) is 28.1 Å². The quantitative estimate of drug-likeness (QED) is 0.302. The fourth-order valence-electron chi connectivity index (χ4n) is 2.69. The van der Waals surface area contributed by atoms with Crippen LogP contribution in [0.2, 0.25) is 5.02 Å². The number of hydrogen-bond donors (Lipinski definition) is 1. The predicted molar refractivity (Wildman–Crippen MR) is 117 cm³/mol. The SMILES string of the molecule is [C-]#[N+]c1c(N)nc(SCc2coc(-c3ccc(Cl)cc3)n2)c(C#N)c1-c1nccs1. The van der Waals surface area contributed by atoms with Gasteiger partial charge in [0.25, 0.3) is 0 Å². The molecule has 0 atom stereocenters. The molecule has 3 aromatic heterocycles. The average molecular weight is 451 g/mol. The highest BCUT2D eigenvalue weighted by molar-refractivity contribution is 7.98. The van der Waals surface area contributed by atoms with E-state index in [1.807, 2.05) is 12.1 Å². The Kier molecular flexibility index (Phi) is 5.68. The molecule has 10 heteroatoms. The molecule has 0 aliphatic carbocycles. The van der Waals surface area contributed by atoms with E-state index in [0.29, 0.717) is 38.0 Å². The van der Waals surface area contributed by atoms with Gasteiger partial charge in [-0.3, -0.25) is 0 Å². The number of oxazole rings is 1. The van der Waals surface area contributed by atoms with Crippen LogP contribution >= 0.6 is 34.7 Å². The van der Waals surface area contributed by atoms with E-state index in [1.165, 1.54) is 23.1 Å². The van der Waals surface area contributed by atoms with Gasteiger partial charge in [0, 0.05) is 33.5 Å². The highest BCUT2D eigenvalue weighted by atomic mass is 35.5. The maximum Gasteiger partial charge on any atom is 0.239 e. The van der Waals surface area contributed by atoms with Crippen molar-refractivity contribution in [2.45, 2.75) is 10.8 Å². The molecule has 2 N–H and O–H groups in total. The summed E-state index contributed by atoms with van der Waals surface area (Å²) in [6, 6.07) is 9.33. The molecule has 0 spiro atoms. The number of nitrogens with zero attached hydrogens (tertiary/aromatic N) is 5. The van der Waals surface area contributed by atoms with Gasteiger partial charge in [0.1, 0.15) is 28.2 Å². The Bertz CT molecular complexity index is 1290. The highest BCUT2D eigenvalue weighted by Crippen LogP contribution is 2.42. The number of nitriles is 1. The first kappa shape index (κ1) is 19.9. The largest absolute Gasteiger partial charge is 0.444 e. The molecule has 4 rings (SSSR count). The summed E-state index contributed by atoms with van der Waals surface area (Å²) in [6.45, 7) is 7.44. The molecule has 0 saturated heterocycles. The zero-order valence-corrected chi connectivity index (χ0v) is 17.6. The third-order valence-corrected chi connectivity index (χ3v) is 6.09. The van der Waals surface area contributed by atoms with Gasteiger partial charge in [-0.2, -0.15) is 5.26 Å². The lowest BCUT2D eigenvalue weighted by Crippen LogP contribution is -1.99. The first-order valence-corrected chi connectivity index (χ1v) is 10.7. The number of thioether (sulfide) groups is 1. The molecule has 0 unspecified atom stereocenters. The second-order valence-electron chi connectivity index (χ2n) is 5.90. The Labute approximate surface area is 185 Å². The van der Waals surface area contributed by atoms with E-state index in [4.69, 9.17) is 28.3 Å². The molecule has 0 radical (unpaired) electrons. The molecule has 0 saturated carbocycles. The predicted octanol–water partition coefficient (Wildman–Crippen LogP) is 5.81. The minimum absolute atomic E-state index is 0.0682. The van der Waals surface area contributed by atoms with Gasteiger partial charge in [-0.15, -0.1) is 11.3 Å². The van der Waals surface area contributed by atoms with Crippen molar-refractivity contribution in [3.05, 3.63) is 69.8 Å². The molecule has 0 bridgehead atoms. The summed E-state index contributed by atoms with van der Waals surface area (Å²) in [4.78, 5) is 16.5. The van der Waals surface area contributed by atoms with Gasteiger partial charge < -0.3 is 10.2 Å². The maximum atomic E-state index is 9.77. The zero-order chi connectivity index (χ0) is 21.1. The first-order valence-electron chi connectivity index (χ1n) is 8.44. The van der Waals surface area contributed by atoms with Crippen LogP contribution in [0.5, 0.6) is 0 Å². The zero-order valence-electron chi connectivity index (χ0n) is 15.2. The van der Waals surface area contributed by atoms with E-state index in [-0.39, 0.29) is 17.1 Å². The summed E-state index contributed by atoms with van der Waals surface area (Å²) in [5, 5.41) is 13.2. The number of anilines is 1. The lowest BCUT2D eigenvalue weighted by molar-refractivity contribution is 0.573. The summed E-state index contributed by atoms with van der Waals surface area (Å²) in [5.41, 5.74) is 8.32. The number of nitrogen functional groups attached to an aromatic ring is 1. The summed E-state index contributed by atoms with van der Waals surface area (Å²) >= 11 is 8.55. The maximum absolute atomic E-state index is 9.77. The smallest absolute Gasteiger partial charge is 0.239 e. The van der Waals surface area contributed by atoms with Gasteiger partial charge in [0.05, 0.1) is 17.8 Å². The lowest BCUT2D eigenvalue weighted by atomic mass is 10.1. The van der Waals surface area contributed by atoms with Crippen LogP contribution in [-0.4, -0.2) is 15.0 Å². The van der Waals surface area contributed by atoms with Crippen LogP contribution in [0, 0.1) is 17.9 Å². The van der Waals surface area contributed by atoms with E-state index in [1.54, 1.807) is 30.0 Å². The van der Waals surface area contributed by atoms with Gasteiger partial charge in [-0.25, -0.2) is 19.8 Å². The fraction of sp³-hybridized carbons (Fsp3) is 0.0500. The first-order chi connectivity index (χ1) is 14.6. The summed E-state index contributed by atoms with van der Waals surface area (Å²) in [7, 11) is 0. The minimum Gasteiger partial charge on any atom is -0.444 e. The van der Waals surface area contributed by atoms with Gasteiger partial charge in [0.15, 0.2) is 0 Å². The number of benzene rings is 1. The fourth-order valence-corrected chi connectivity index (χ4v) is 4.38. The van der Waals surface area contributed by atoms with Crippen LogP contribution < -0.4 is 5.73 Å². The molecule has 1 aromatic carbocycles. The normalized spacial score (nSPS) is 10.5. The molecule has 7 nitrogen and oxygen atoms in total. The second kappa shape index (κ2) is 8.56. The average Bonchev–Trinajstić information content (AvgIpc) is 3.44. The highest BCUT2D eigenvalue weighted by Gasteiger charge is 2.22. The van der Waals surface area contributed by atoms with E-state index in [2.05, 4.69) is 25.9 Å². The van der Waals surface area contributed by atoms with Crippen LogP contribution in [0.4, 0.5) is 11.5 Å².